The molecule has 57 heavy (non-hydrogen) atoms. The molecule has 298 valence electrons. The van der Waals surface area contributed by atoms with Gasteiger partial charge in [-0.15, -0.1) is 10.2 Å². The number of benzene rings is 2. The van der Waals surface area contributed by atoms with E-state index < -0.39 is 11.9 Å². The molecular weight excluding hydrogens is 723 g/mol. The minimum Gasteiger partial charge on any atom is -0.507 e. The summed E-state index contributed by atoms with van der Waals surface area (Å²) < 4.78 is 3.13. The lowest BCUT2D eigenvalue weighted by Crippen LogP contribution is -2.58. The molecule has 0 aliphatic carbocycles. The maximum absolute atomic E-state index is 13.2. The van der Waals surface area contributed by atoms with Crippen LogP contribution >= 0.6 is 0 Å². The summed E-state index contributed by atoms with van der Waals surface area (Å²) in [5.41, 5.74) is 11.9. The number of anilines is 3. The monoisotopic (exact) mass is 773 g/mol. The first-order valence-corrected chi connectivity index (χ1v) is 20.1. The van der Waals surface area contributed by atoms with Gasteiger partial charge >= 0.3 is 5.69 Å². The number of rotatable bonds is 10. The highest BCUT2D eigenvalue weighted by atomic mass is 16.3. The van der Waals surface area contributed by atoms with Crippen molar-refractivity contribution in [2.24, 2.45) is 7.05 Å². The molecule has 0 saturated carbocycles. The molecule has 2 amide bonds. The van der Waals surface area contributed by atoms with Crippen LogP contribution in [0.3, 0.4) is 0 Å². The lowest BCUT2D eigenvalue weighted by Gasteiger charge is -2.46. The van der Waals surface area contributed by atoms with Gasteiger partial charge in [0.1, 0.15) is 11.8 Å². The zero-order valence-electron chi connectivity index (χ0n) is 32.8. The van der Waals surface area contributed by atoms with Crippen LogP contribution in [-0.4, -0.2) is 95.9 Å². The topological polar surface area (TPSA) is 181 Å². The second kappa shape index (κ2) is 16.0. The summed E-state index contributed by atoms with van der Waals surface area (Å²) in [5, 5.41) is 21.3. The van der Waals surface area contributed by atoms with Crippen molar-refractivity contribution in [3.05, 3.63) is 82.5 Å². The summed E-state index contributed by atoms with van der Waals surface area (Å²) >= 11 is 0. The van der Waals surface area contributed by atoms with E-state index in [4.69, 9.17) is 15.7 Å². The second-order valence-electron chi connectivity index (χ2n) is 15.8. The van der Waals surface area contributed by atoms with Crippen molar-refractivity contribution >= 4 is 40.3 Å². The smallest absolute Gasteiger partial charge is 0.329 e. The molecule has 3 saturated heterocycles. The van der Waals surface area contributed by atoms with Crippen LogP contribution in [0.25, 0.3) is 22.3 Å². The molecule has 6 heterocycles. The normalized spacial score (nSPS) is 21.9. The van der Waals surface area contributed by atoms with Gasteiger partial charge in [0.15, 0.2) is 5.82 Å². The van der Waals surface area contributed by atoms with E-state index in [1.807, 2.05) is 42.7 Å². The Morgan fingerprint density at radius 1 is 0.965 bits per heavy atom. The summed E-state index contributed by atoms with van der Waals surface area (Å²) in [7, 11) is 1.73. The van der Waals surface area contributed by atoms with E-state index in [2.05, 4.69) is 50.1 Å². The van der Waals surface area contributed by atoms with Gasteiger partial charge in [0.2, 0.25) is 17.8 Å². The molecule has 3 aliphatic rings. The van der Waals surface area contributed by atoms with Crippen molar-refractivity contribution in [3.8, 4) is 17.0 Å². The van der Waals surface area contributed by atoms with Gasteiger partial charge in [0.25, 0.3) is 0 Å². The van der Waals surface area contributed by atoms with E-state index in [-0.39, 0.29) is 35.9 Å². The van der Waals surface area contributed by atoms with Crippen molar-refractivity contribution in [1.29, 1.82) is 0 Å². The van der Waals surface area contributed by atoms with E-state index in [1.54, 1.807) is 23.7 Å². The molecule has 3 fully saturated rings. The number of fused-ring (bicyclic) bond motifs is 1. The number of piperazine rings is 1. The number of nitrogens with one attached hydrogen (secondary N) is 1. The van der Waals surface area contributed by atoms with Crippen molar-refractivity contribution in [2.45, 2.75) is 82.8 Å². The van der Waals surface area contributed by atoms with Crippen molar-refractivity contribution in [2.75, 3.05) is 48.3 Å². The van der Waals surface area contributed by atoms with Gasteiger partial charge in [-0.3, -0.25) is 24.0 Å². The number of phenolic OH excluding ortho intramolecular Hbond substituents is 1. The highest BCUT2D eigenvalue weighted by Gasteiger charge is 2.35. The molecule has 4 unspecified atom stereocenters. The van der Waals surface area contributed by atoms with Crippen LogP contribution in [0, 0.1) is 0 Å². The van der Waals surface area contributed by atoms with Gasteiger partial charge in [-0.2, -0.15) is 0 Å². The molecule has 15 nitrogen and oxygen atoms in total. The number of phenols is 1. The van der Waals surface area contributed by atoms with E-state index in [1.165, 1.54) is 10.1 Å². The summed E-state index contributed by atoms with van der Waals surface area (Å²) in [6.07, 6.45) is 9.55. The van der Waals surface area contributed by atoms with Crippen molar-refractivity contribution in [1.82, 2.24) is 39.5 Å². The Morgan fingerprint density at radius 2 is 1.77 bits per heavy atom. The third-order valence-electron chi connectivity index (χ3n) is 12.1. The number of piperidine rings is 2. The third-order valence-corrected chi connectivity index (χ3v) is 12.1. The molecule has 0 bridgehead atoms. The zero-order chi connectivity index (χ0) is 39.8. The van der Waals surface area contributed by atoms with Gasteiger partial charge in [-0.1, -0.05) is 25.1 Å². The number of para-hydroxylation sites is 1. The van der Waals surface area contributed by atoms with Crippen LogP contribution in [0.2, 0.25) is 0 Å². The Hall–Kier alpha value is -5.83. The Bertz CT molecular complexity index is 2340. The standard InChI is InChI=1S/C42H51N11O4/c1-4-30-25-51(36-20-32(47-48-39(36)43)31-11-5-6-12-37(31)54)23-26(2)52(30)41-44-21-29(22-45-41)28-10-8-18-50(24-28)17-7-9-27-13-14-33-35(19-27)49(3)42(57)53(33)34-15-16-38(55)46-40(34)56/h5-6,11-14,19-22,26,28,30,34,54H,4,7-10,15-18,23-25H2,1-3H3,(H2,43,48)(H,46,55,56). The predicted octanol–water partition coefficient (Wildman–Crippen LogP) is 4.16. The van der Waals surface area contributed by atoms with Gasteiger partial charge in [-0.25, -0.2) is 14.8 Å². The lowest BCUT2D eigenvalue weighted by atomic mass is 9.92. The van der Waals surface area contributed by atoms with Crippen LogP contribution in [0.1, 0.15) is 75.5 Å². The zero-order valence-corrected chi connectivity index (χ0v) is 32.8. The number of aryl methyl sites for hydroxylation is 2. The number of nitrogens with zero attached hydrogens (tertiary/aromatic N) is 9. The second-order valence-corrected chi connectivity index (χ2v) is 15.8. The van der Waals surface area contributed by atoms with Crippen LogP contribution in [0.5, 0.6) is 5.75 Å². The Balaban J connectivity index is 0.884. The van der Waals surface area contributed by atoms with Gasteiger partial charge in [0.05, 0.1) is 22.4 Å². The first kappa shape index (κ1) is 38.1. The molecule has 8 rings (SSSR count). The maximum Gasteiger partial charge on any atom is 0.329 e. The van der Waals surface area contributed by atoms with E-state index >= 15 is 0 Å². The van der Waals surface area contributed by atoms with E-state index in [9.17, 15) is 19.5 Å². The third kappa shape index (κ3) is 7.55. The number of amides is 2. The van der Waals surface area contributed by atoms with E-state index in [0.717, 1.165) is 81.0 Å². The Kier molecular flexibility index (Phi) is 10.7. The first-order valence-electron chi connectivity index (χ1n) is 20.1. The highest BCUT2D eigenvalue weighted by molar-refractivity contribution is 6.00. The number of nitrogens with two attached hydrogens (primary N) is 1. The SMILES string of the molecule is CCC1CN(c2cc(-c3ccccc3O)nnc2N)CC(C)N1c1ncc(C2CCCN(CCCc3ccc4c(c3)n(C)c(=O)n4C3CCC(=O)NC3=O)C2)cn1. The lowest BCUT2D eigenvalue weighted by molar-refractivity contribution is -0.135. The van der Waals surface area contributed by atoms with E-state index in [0.29, 0.717) is 41.5 Å². The van der Waals surface area contributed by atoms with Gasteiger partial charge in [-0.05, 0) is 106 Å². The van der Waals surface area contributed by atoms with Gasteiger partial charge < -0.3 is 25.5 Å². The number of nitrogen functional groups attached to an aromatic ring is 1. The first-order chi connectivity index (χ1) is 27.6. The Morgan fingerprint density at radius 3 is 2.54 bits per heavy atom. The number of aromatic hydroxyl groups is 1. The molecule has 4 N–H and O–H groups in total. The molecule has 5 aromatic rings. The number of likely N-dealkylation sites (tertiary alicyclic amines) is 1. The fourth-order valence-electron chi connectivity index (χ4n) is 9.04. The molecule has 0 spiro atoms. The quantitative estimate of drug-likeness (QED) is 0.173. The summed E-state index contributed by atoms with van der Waals surface area (Å²) in [6, 6.07) is 14.6. The molecule has 2 aromatic carbocycles. The largest absolute Gasteiger partial charge is 0.507 e. The Labute approximate surface area is 331 Å². The number of hydrogen-bond donors (Lipinski definition) is 3. The fourth-order valence-corrected chi connectivity index (χ4v) is 9.04. The molecule has 0 radical (unpaired) electrons. The van der Waals surface area contributed by atoms with Gasteiger partial charge in [0, 0.05) is 63.1 Å². The highest BCUT2D eigenvalue weighted by Crippen LogP contribution is 2.35. The summed E-state index contributed by atoms with van der Waals surface area (Å²) in [4.78, 5) is 54.5. The average molecular weight is 774 g/mol. The molecular formula is C42H51N11O4. The van der Waals surface area contributed by atoms with Crippen molar-refractivity contribution in [3.63, 3.8) is 0 Å². The average Bonchev–Trinajstić information content (AvgIpc) is 3.46. The maximum atomic E-state index is 13.2. The minimum absolute atomic E-state index is 0.108. The number of carbonyl (C=O) groups excluding carboxylic acids is 2. The van der Waals surface area contributed by atoms with Crippen LogP contribution in [0.4, 0.5) is 17.5 Å². The number of aromatic nitrogens is 6. The van der Waals surface area contributed by atoms with Crippen molar-refractivity contribution < 1.29 is 14.7 Å². The molecule has 4 atom stereocenters. The molecule has 3 aliphatic heterocycles. The predicted molar refractivity (Wildman–Crippen MR) is 219 cm³/mol. The van der Waals surface area contributed by atoms with Crippen LogP contribution in [0.15, 0.2) is 65.7 Å². The fraction of sp³-hybridized carbons (Fsp3) is 0.452. The number of carbonyl (C=O) groups is 2. The number of imide groups is 1. The molecule has 3 aromatic heterocycles. The van der Waals surface area contributed by atoms with Crippen LogP contribution < -0.4 is 26.5 Å². The summed E-state index contributed by atoms with van der Waals surface area (Å²) in [6.45, 7) is 8.79. The minimum atomic E-state index is -0.685. The number of hydrogen-bond acceptors (Lipinski definition) is 12. The number of imidazole rings is 1. The van der Waals surface area contributed by atoms with Crippen LogP contribution in [-0.2, 0) is 23.1 Å². The molecule has 15 heteroatoms. The summed E-state index contributed by atoms with van der Waals surface area (Å²) in [5.74, 6) is 0.895.